The molecule has 0 bridgehead atoms. The van der Waals surface area contributed by atoms with Crippen molar-refractivity contribution in [1.82, 2.24) is 15.2 Å². The van der Waals surface area contributed by atoms with Crippen molar-refractivity contribution in [2.75, 3.05) is 6.54 Å². The largest absolute Gasteiger partial charge is 0.493 e. The van der Waals surface area contributed by atoms with Crippen LogP contribution in [-0.4, -0.2) is 44.9 Å². The van der Waals surface area contributed by atoms with Crippen LogP contribution in [0.1, 0.15) is 25.8 Å². The minimum atomic E-state index is -0.977. The fourth-order valence-electron chi connectivity index (χ4n) is 2.82. The fourth-order valence-corrected chi connectivity index (χ4v) is 2.82. The van der Waals surface area contributed by atoms with E-state index < -0.39 is 23.4 Å². The van der Waals surface area contributed by atoms with E-state index in [0.717, 1.165) is 10.5 Å². The number of carbonyl (C=O) groups is 3. The average Bonchev–Trinajstić information content (AvgIpc) is 2.98. The zero-order valence-corrected chi connectivity index (χ0v) is 14.7. The predicted octanol–water partition coefficient (Wildman–Crippen LogP) is 2.51. The second kappa shape index (κ2) is 6.25. The molecule has 9 nitrogen and oxygen atoms in total. The van der Waals surface area contributed by atoms with Gasteiger partial charge in [-0.1, -0.05) is 18.2 Å². The number of urea groups is 1. The van der Waals surface area contributed by atoms with Crippen molar-refractivity contribution in [3.63, 3.8) is 0 Å². The minimum Gasteiger partial charge on any atom is -0.493 e. The second-order valence-corrected chi connectivity index (χ2v) is 6.68. The lowest BCUT2D eigenvalue weighted by Gasteiger charge is -2.14. The summed E-state index contributed by atoms with van der Waals surface area (Å²) in [7, 11) is 0. The van der Waals surface area contributed by atoms with Gasteiger partial charge in [0, 0.05) is 18.4 Å². The van der Waals surface area contributed by atoms with Crippen LogP contribution in [0.4, 0.5) is 10.5 Å². The van der Waals surface area contributed by atoms with Gasteiger partial charge in [-0.15, -0.1) is 10.2 Å². The molecule has 9 heteroatoms. The number of H-pyrrole nitrogens is 1. The number of imide groups is 1. The summed E-state index contributed by atoms with van der Waals surface area (Å²) in [6.45, 7) is 4.99. The molecule has 0 radical (unpaired) electrons. The maximum absolute atomic E-state index is 12.1. The van der Waals surface area contributed by atoms with Gasteiger partial charge in [-0.05, 0) is 26.3 Å². The first-order chi connectivity index (χ1) is 12.2. The van der Waals surface area contributed by atoms with Gasteiger partial charge in [-0.2, -0.15) is 0 Å². The van der Waals surface area contributed by atoms with Crippen LogP contribution in [0, 0.1) is 6.92 Å². The summed E-state index contributed by atoms with van der Waals surface area (Å²) >= 11 is 0. The summed E-state index contributed by atoms with van der Waals surface area (Å²) in [5.74, 6) is -1.17. The number of rotatable bonds is 4. The second-order valence-electron chi connectivity index (χ2n) is 6.68. The van der Waals surface area contributed by atoms with Gasteiger partial charge in [0.2, 0.25) is 5.88 Å². The zero-order valence-electron chi connectivity index (χ0n) is 14.7. The molecule has 136 valence electrons. The number of hydrogen-bond donors (Lipinski definition) is 3. The molecule has 1 aromatic carbocycles. The summed E-state index contributed by atoms with van der Waals surface area (Å²) in [6.07, 6.45) is -0.152. The van der Waals surface area contributed by atoms with Gasteiger partial charge in [0.15, 0.2) is 5.69 Å². The first kappa shape index (κ1) is 17.6. The Labute approximate surface area is 149 Å². The highest BCUT2D eigenvalue weighted by Gasteiger charge is 2.43. The van der Waals surface area contributed by atoms with Gasteiger partial charge in [0.25, 0.3) is 11.8 Å². The van der Waals surface area contributed by atoms with Crippen molar-refractivity contribution in [3.8, 4) is 5.88 Å². The number of aromatic nitrogens is 1. The Kier molecular flexibility index (Phi) is 4.23. The number of hydrogen-bond acceptors (Lipinski definition) is 5. The van der Waals surface area contributed by atoms with Crippen LogP contribution >= 0.6 is 0 Å². The van der Waals surface area contributed by atoms with E-state index in [4.69, 9.17) is 0 Å². The Morgan fingerprint density at radius 2 is 2.04 bits per heavy atom. The Morgan fingerprint density at radius 3 is 2.69 bits per heavy atom. The molecule has 1 saturated heterocycles. The van der Waals surface area contributed by atoms with E-state index >= 15 is 0 Å². The van der Waals surface area contributed by atoms with Crippen LogP contribution in [0.2, 0.25) is 0 Å². The van der Waals surface area contributed by atoms with Crippen molar-refractivity contribution in [2.45, 2.75) is 32.7 Å². The third kappa shape index (κ3) is 3.03. The SMILES string of the molecule is Cc1cccc2c(N=NC(=O)CCN3C(=O)NC(C)(C)C3=O)c(O)[nH]c12. The number of fused-ring (bicyclic) bond motifs is 1. The number of carbonyl (C=O) groups excluding carboxylic acids is 3. The third-order valence-corrected chi connectivity index (χ3v) is 4.25. The molecule has 0 spiro atoms. The number of aryl methyl sites for hydroxylation is 1. The van der Waals surface area contributed by atoms with Crippen LogP contribution in [0.15, 0.2) is 28.4 Å². The molecule has 26 heavy (non-hydrogen) atoms. The third-order valence-electron chi connectivity index (χ3n) is 4.25. The number of para-hydroxylation sites is 1. The summed E-state index contributed by atoms with van der Waals surface area (Å²) in [5.41, 5.74) is 0.836. The Morgan fingerprint density at radius 1 is 1.31 bits per heavy atom. The lowest BCUT2D eigenvalue weighted by atomic mass is 10.1. The van der Waals surface area contributed by atoms with E-state index in [-0.39, 0.29) is 24.5 Å². The van der Waals surface area contributed by atoms with Crippen molar-refractivity contribution in [3.05, 3.63) is 23.8 Å². The molecule has 1 aliphatic rings. The van der Waals surface area contributed by atoms with Crippen LogP contribution in [-0.2, 0) is 9.59 Å². The molecule has 3 rings (SSSR count). The monoisotopic (exact) mass is 357 g/mol. The standard InChI is InChI=1S/C17H19N5O4/c1-9-5-4-6-10-12(9)18-14(24)13(10)21-20-11(23)7-8-22-15(25)17(2,3)19-16(22)26/h4-6,18,24H,7-8H2,1-3H3,(H,19,26). The Hall–Kier alpha value is -3.23. The maximum atomic E-state index is 12.1. The average molecular weight is 357 g/mol. The van der Waals surface area contributed by atoms with Crippen molar-refractivity contribution in [2.24, 2.45) is 10.2 Å². The molecule has 1 aromatic heterocycles. The van der Waals surface area contributed by atoms with Crippen LogP contribution in [0.3, 0.4) is 0 Å². The van der Waals surface area contributed by atoms with Crippen LogP contribution < -0.4 is 5.32 Å². The Bertz CT molecular complexity index is 944. The zero-order chi connectivity index (χ0) is 19.1. The maximum Gasteiger partial charge on any atom is 0.325 e. The lowest BCUT2D eigenvalue weighted by Crippen LogP contribution is -2.40. The number of azo groups is 1. The van der Waals surface area contributed by atoms with Crippen LogP contribution in [0.25, 0.3) is 10.9 Å². The molecule has 2 heterocycles. The molecular weight excluding hydrogens is 338 g/mol. The first-order valence-corrected chi connectivity index (χ1v) is 8.09. The lowest BCUT2D eigenvalue weighted by molar-refractivity contribution is -0.130. The fraction of sp³-hybridized carbons (Fsp3) is 0.353. The van der Waals surface area contributed by atoms with Crippen LogP contribution in [0.5, 0.6) is 5.88 Å². The molecule has 1 fully saturated rings. The molecule has 3 N–H and O–H groups in total. The van der Waals surface area contributed by atoms with E-state index in [1.54, 1.807) is 19.9 Å². The summed E-state index contributed by atoms with van der Waals surface area (Å²) in [6, 6.07) is 4.91. The van der Waals surface area contributed by atoms with Gasteiger partial charge >= 0.3 is 6.03 Å². The number of benzene rings is 1. The van der Waals surface area contributed by atoms with E-state index in [0.29, 0.717) is 10.9 Å². The smallest absolute Gasteiger partial charge is 0.325 e. The summed E-state index contributed by atoms with van der Waals surface area (Å²) in [5, 5.41) is 20.6. The number of aromatic amines is 1. The highest BCUT2D eigenvalue weighted by atomic mass is 16.3. The van der Waals surface area contributed by atoms with Gasteiger partial charge in [-0.3, -0.25) is 14.5 Å². The molecule has 0 aliphatic carbocycles. The van der Waals surface area contributed by atoms with Gasteiger partial charge in [0.1, 0.15) is 5.54 Å². The van der Waals surface area contributed by atoms with Crippen molar-refractivity contribution < 1.29 is 19.5 Å². The van der Waals surface area contributed by atoms with Gasteiger partial charge < -0.3 is 15.4 Å². The molecule has 0 atom stereocenters. The van der Waals surface area contributed by atoms with E-state index in [1.807, 2.05) is 19.1 Å². The molecule has 0 unspecified atom stereocenters. The van der Waals surface area contributed by atoms with E-state index in [1.165, 1.54) is 0 Å². The number of aromatic hydroxyl groups is 1. The Balaban J connectivity index is 1.70. The topological polar surface area (TPSA) is 127 Å². The number of nitrogens with zero attached hydrogens (tertiary/aromatic N) is 3. The molecular formula is C17H19N5O4. The predicted molar refractivity (Wildman–Crippen MR) is 93.2 cm³/mol. The molecule has 0 saturated carbocycles. The minimum absolute atomic E-state index is 0.0784. The highest BCUT2D eigenvalue weighted by Crippen LogP contribution is 2.36. The highest BCUT2D eigenvalue weighted by molar-refractivity contribution is 6.06. The molecule has 2 aromatic rings. The molecule has 1 aliphatic heterocycles. The van der Waals surface area contributed by atoms with Gasteiger partial charge in [-0.25, -0.2) is 4.79 Å². The summed E-state index contributed by atoms with van der Waals surface area (Å²) < 4.78 is 0. The first-order valence-electron chi connectivity index (χ1n) is 8.09. The summed E-state index contributed by atoms with van der Waals surface area (Å²) in [4.78, 5) is 39.6. The van der Waals surface area contributed by atoms with Crippen molar-refractivity contribution >= 4 is 34.4 Å². The molecule has 4 amide bonds. The van der Waals surface area contributed by atoms with E-state index in [2.05, 4.69) is 20.5 Å². The number of amides is 4. The van der Waals surface area contributed by atoms with Gasteiger partial charge in [0.05, 0.1) is 5.52 Å². The quantitative estimate of drug-likeness (QED) is 0.574. The van der Waals surface area contributed by atoms with Crippen molar-refractivity contribution in [1.29, 1.82) is 0 Å². The number of nitrogens with one attached hydrogen (secondary N) is 2. The normalized spacial score (nSPS) is 16.7. The van der Waals surface area contributed by atoms with E-state index in [9.17, 15) is 19.5 Å².